The van der Waals surface area contributed by atoms with Gasteiger partial charge in [-0.25, -0.2) is 4.79 Å². The molecule has 4 bridgehead atoms. The Labute approximate surface area is 191 Å². The van der Waals surface area contributed by atoms with Crippen molar-refractivity contribution in [2.75, 3.05) is 5.75 Å². The number of aromatic nitrogens is 4. The maximum absolute atomic E-state index is 12.6. The van der Waals surface area contributed by atoms with E-state index in [9.17, 15) is 9.59 Å². The number of carbonyl (C=O) groups excluding carboxylic acids is 2. The number of thioether (sulfide) groups is 1. The molecule has 9 heteroatoms. The molecule has 4 aliphatic carbocycles. The van der Waals surface area contributed by atoms with Crippen LogP contribution < -0.4 is 10.6 Å². The summed E-state index contributed by atoms with van der Waals surface area (Å²) in [5.41, 5.74) is 0.774. The van der Waals surface area contributed by atoms with Crippen LogP contribution in [0.5, 0.6) is 0 Å². The third-order valence-corrected chi connectivity index (χ3v) is 7.94. The summed E-state index contributed by atoms with van der Waals surface area (Å²) in [6.45, 7) is 4.32. The number of hydrogen-bond acceptors (Lipinski definition) is 6. The number of imide groups is 1. The first-order valence-electron chi connectivity index (χ1n) is 11.2. The second-order valence-corrected chi connectivity index (χ2v) is 10.4. The molecule has 32 heavy (non-hydrogen) atoms. The summed E-state index contributed by atoms with van der Waals surface area (Å²) in [4.78, 5) is 29.1. The van der Waals surface area contributed by atoms with Gasteiger partial charge >= 0.3 is 6.03 Å². The average molecular weight is 453 g/mol. The zero-order valence-corrected chi connectivity index (χ0v) is 18.8. The maximum atomic E-state index is 12.6. The second-order valence-electron chi connectivity index (χ2n) is 9.43. The van der Waals surface area contributed by atoms with E-state index in [0.717, 1.165) is 42.6 Å². The first kappa shape index (κ1) is 21.2. The first-order valence-corrected chi connectivity index (χ1v) is 12.2. The van der Waals surface area contributed by atoms with Gasteiger partial charge in [0.1, 0.15) is 0 Å². The zero-order chi connectivity index (χ0) is 22.1. The Balaban J connectivity index is 1.18. The fraction of sp³-hybridized carbons (Fsp3) is 0.522. The fourth-order valence-electron chi connectivity index (χ4n) is 6.23. The van der Waals surface area contributed by atoms with Gasteiger partial charge in [-0.1, -0.05) is 17.8 Å². The molecule has 0 radical (unpaired) electrons. The van der Waals surface area contributed by atoms with E-state index in [1.165, 1.54) is 31.0 Å². The molecule has 0 saturated heterocycles. The molecular formula is C23H28N6O2S. The van der Waals surface area contributed by atoms with Crippen LogP contribution in [0.3, 0.4) is 0 Å². The highest BCUT2D eigenvalue weighted by molar-refractivity contribution is 7.99. The Bertz CT molecular complexity index is 985. The minimum absolute atomic E-state index is 0.0833. The Morgan fingerprint density at radius 1 is 1.12 bits per heavy atom. The first-order chi connectivity index (χ1) is 15.5. The highest BCUT2D eigenvalue weighted by Gasteiger charge is 2.51. The minimum Gasteiger partial charge on any atom is -0.332 e. The molecule has 168 valence electrons. The SMILES string of the molecule is C=CCn1c(SCC(=O)NC(=O)NC23CC4CC(CC(C4)C2)C3)nnc1-c1ccncc1. The topological polar surface area (TPSA) is 102 Å². The van der Waals surface area contributed by atoms with Gasteiger partial charge in [-0.15, -0.1) is 16.8 Å². The lowest BCUT2D eigenvalue weighted by Crippen LogP contribution is -2.61. The molecule has 2 N–H and O–H groups in total. The van der Waals surface area contributed by atoms with Crippen molar-refractivity contribution in [3.63, 3.8) is 0 Å². The summed E-state index contributed by atoms with van der Waals surface area (Å²) in [5, 5.41) is 14.8. The molecule has 4 aliphatic rings. The molecule has 0 spiro atoms. The van der Waals surface area contributed by atoms with E-state index in [2.05, 4.69) is 32.4 Å². The molecule has 0 unspecified atom stereocenters. The number of allylic oxidation sites excluding steroid dienone is 1. The van der Waals surface area contributed by atoms with Crippen LogP contribution in [0.1, 0.15) is 38.5 Å². The standard InChI is InChI=1S/C23H28N6O2S/c1-2-7-29-20(18-3-5-24-6-4-18)27-28-22(29)32-14-19(30)25-21(31)26-23-11-15-8-16(12-23)10-17(9-15)13-23/h2-6,15-17H,1,7-14H2,(H2,25,26,30,31). The van der Waals surface area contributed by atoms with Crippen molar-refractivity contribution in [2.45, 2.75) is 55.8 Å². The molecule has 0 aromatic carbocycles. The van der Waals surface area contributed by atoms with E-state index >= 15 is 0 Å². The predicted molar refractivity (Wildman–Crippen MR) is 122 cm³/mol. The van der Waals surface area contributed by atoms with Crippen LogP contribution in [-0.2, 0) is 11.3 Å². The molecule has 2 aromatic heterocycles. The lowest BCUT2D eigenvalue weighted by atomic mass is 9.53. The molecule has 6 rings (SSSR count). The van der Waals surface area contributed by atoms with Gasteiger partial charge in [0, 0.05) is 30.0 Å². The molecule has 4 fully saturated rings. The van der Waals surface area contributed by atoms with E-state index in [0.29, 0.717) is 17.5 Å². The highest BCUT2D eigenvalue weighted by Crippen LogP contribution is 2.55. The van der Waals surface area contributed by atoms with Gasteiger partial charge in [-0.05, 0) is 68.4 Å². The van der Waals surface area contributed by atoms with E-state index < -0.39 is 0 Å². The summed E-state index contributed by atoms with van der Waals surface area (Å²) in [5.74, 6) is 2.64. The predicted octanol–water partition coefficient (Wildman–Crippen LogP) is 3.41. The number of amides is 3. The third-order valence-electron chi connectivity index (χ3n) is 6.97. The quantitative estimate of drug-likeness (QED) is 0.493. The minimum atomic E-state index is -0.373. The molecule has 2 heterocycles. The number of hydrogen-bond donors (Lipinski definition) is 2. The zero-order valence-electron chi connectivity index (χ0n) is 18.0. The van der Waals surface area contributed by atoms with Crippen LogP contribution in [0.2, 0.25) is 0 Å². The number of urea groups is 1. The number of nitrogens with one attached hydrogen (secondary N) is 2. The van der Waals surface area contributed by atoms with Gasteiger partial charge in [0.15, 0.2) is 11.0 Å². The Morgan fingerprint density at radius 2 is 1.78 bits per heavy atom. The largest absolute Gasteiger partial charge is 0.332 e. The van der Waals surface area contributed by atoms with Crippen molar-refractivity contribution < 1.29 is 9.59 Å². The number of pyridine rings is 1. The normalized spacial score (nSPS) is 27.8. The van der Waals surface area contributed by atoms with Crippen LogP contribution in [0.4, 0.5) is 4.79 Å². The number of rotatable bonds is 7. The second kappa shape index (κ2) is 8.69. The highest BCUT2D eigenvalue weighted by atomic mass is 32.2. The maximum Gasteiger partial charge on any atom is 0.321 e. The van der Waals surface area contributed by atoms with E-state index in [4.69, 9.17) is 0 Å². The summed E-state index contributed by atoms with van der Waals surface area (Å²) in [6, 6.07) is 3.35. The van der Waals surface area contributed by atoms with Gasteiger partial charge in [-0.2, -0.15) is 0 Å². The van der Waals surface area contributed by atoms with Crippen LogP contribution in [-0.4, -0.2) is 43.0 Å². The van der Waals surface area contributed by atoms with Crippen molar-refractivity contribution in [2.24, 2.45) is 17.8 Å². The molecule has 0 atom stereocenters. The Morgan fingerprint density at radius 3 is 2.41 bits per heavy atom. The van der Waals surface area contributed by atoms with E-state index in [-0.39, 0.29) is 23.2 Å². The number of nitrogens with zero attached hydrogens (tertiary/aromatic N) is 4. The average Bonchev–Trinajstić information content (AvgIpc) is 3.14. The summed E-state index contributed by atoms with van der Waals surface area (Å²) >= 11 is 1.26. The lowest BCUT2D eigenvalue weighted by molar-refractivity contribution is -0.117. The molecule has 8 nitrogen and oxygen atoms in total. The van der Waals surface area contributed by atoms with Gasteiger partial charge in [-0.3, -0.25) is 19.7 Å². The molecule has 0 aliphatic heterocycles. The third kappa shape index (κ3) is 4.30. The van der Waals surface area contributed by atoms with Gasteiger partial charge in [0.05, 0.1) is 5.75 Å². The molecular weight excluding hydrogens is 424 g/mol. The van der Waals surface area contributed by atoms with Crippen molar-refractivity contribution in [1.29, 1.82) is 0 Å². The molecule has 3 amide bonds. The van der Waals surface area contributed by atoms with Crippen LogP contribution in [0.15, 0.2) is 42.3 Å². The lowest BCUT2D eigenvalue weighted by Gasteiger charge is -2.56. The van der Waals surface area contributed by atoms with Crippen LogP contribution in [0, 0.1) is 17.8 Å². The van der Waals surface area contributed by atoms with E-state index in [1.54, 1.807) is 18.5 Å². The van der Waals surface area contributed by atoms with Crippen molar-refractivity contribution in [3.8, 4) is 11.4 Å². The van der Waals surface area contributed by atoms with E-state index in [1.807, 2.05) is 16.7 Å². The van der Waals surface area contributed by atoms with Crippen LogP contribution in [0.25, 0.3) is 11.4 Å². The van der Waals surface area contributed by atoms with Crippen molar-refractivity contribution in [1.82, 2.24) is 30.4 Å². The van der Waals surface area contributed by atoms with Crippen LogP contribution >= 0.6 is 11.8 Å². The summed E-state index contributed by atoms with van der Waals surface area (Å²) in [6.07, 6.45) is 12.3. The van der Waals surface area contributed by atoms with Gasteiger partial charge < -0.3 is 5.32 Å². The van der Waals surface area contributed by atoms with Crippen molar-refractivity contribution in [3.05, 3.63) is 37.2 Å². The van der Waals surface area contributed by atoms with Gasteiger partial charge in [0.25, 0.3) is 0 Å². The molecule has 2 aromatic rings. The fourth-order valence-corrected chi connectivity index (χ4v) is 6.98. The van der Waals surface area contributed by atoms with Crippen molar-refractivity contribution >= 4 is 23.7 Å². The summed E-state index contributed by atoms with van der Waals surface area (Å²) < 4.78 is 1.90. The monoisotopic (exact) mass is 452 g/mol. The summed E-state index contributed by atoms with van der Waals surface area (Å²) in [7, 11) is 0. The Kier molecular flexibility index (Phi) is 5.75. The molecule has 4 saturated carbocycles. The Hall–Kier alpha value is -2.68. The smallest absolute Gasteiger partial charge is 0.321 e. The van der Waals surface area contributed by atoms with Gasteiger partial charge in [0.2, 0.25) is 5.91 Å². The number of carbonyl (C=O) groups is 2.